The third kappa shape index (κ3) is 5.32. The second-order valence-corrected chi connectivity index (χ2v) is 7.35. The van der Waals surface area contributed by atoms with Crippen molar-refractivity contribution >= 4 is 9.84 Å². The topological polar surface area (TPSA) is 64.0 Å². The van der Waals surface area contributed by atoms with E-state index in [1.54, 1.807) is 0 Å². The Morgan fingerprint density at radius 1 is 1.47 bits per heavy atom. The van der Waals surface area contributed by atoms with Crippen molar-refractivity contribution in [1.82, 2.24) is 15.1 Å². The molecule has 0 saturated heterocycles. The molecule has 1 atom stereocenters. The lowest BCUT2D eigenvalue weighted by atomic mass is 10.0. The highest BCUT2D eigenvalue weighted by Crippen LogP contribution is 2.21. The summed E-state index contributed by atoms with van der Waals surface area (Å²) in [6.45, 7) is 5.09. The molecule has 6 heteroatoms. The van der Waals surface area contributed by atoms with Crippen molar-refractivity contribution in [2.75, 3.05) is 18.6 Å². The maximum absolute atomic E-state index is 11.2. The van der Waals surface area contributed by atoms with E-state index >= 15 is 0 Å². The standard InChI is InChI=1S/C13H25N3O2S/c1-5-8-14-13(7-6-9-19(4,17)18)12-10-15-16(3)11(12)2/h10,13-14H,5-9H2,1-4H3. The number of nitrogens with one attached hydrogen (secondary N) is 1. The summed E-state index contributed by atoms with van der Waals surface area (Å²) >= 11 is 0. The summed E-state index contributed by atoms with van der Waals surface area (Å²) in [5.74, 6) is 0.247. The van der Waals surface area contributed by atoms with Gasteiger partial charge in [0.15, 0.2) is 0 Å². The normalized spacial score (nSPS) is 13.7. The van der Waals surface area contributed by atoms with Gasteiger partial charge in [-0.25, -0.2) is 8.42 Å². The Balaban J connectivity index is 2.69. The molecule has 0 spiro atoms. The number of aryl methyl sites for hydroxylation is 1. The number of aromatic nitrogens is 2. The van der Waals surface area contributed by atoms with Crippen molar-refractivity contribution in [3.05, 3.63) is 17.5 Å². The van der Waals surface area contributed by atoms with Crippen molar-refractivity contribution in [1.29, 1.82) is 0 Å². The lowest BCUT2D eigenvalue weighted by molar-refractivity contribution is 0.490. The van der Waals surface area contributed by atoms with E-state index < -0.39 is 9.84 Å². The second-order valence-electron chi connectivity index (χ2n) is 5.09. The number of sulfone groups is 1. The number of nitrogens with zero attached hydrogens (tertiary/aromatic N) is 2. The molecule has 0 radical (unpaired) electrons. The van der Waals surface area contributed by atoms with E-state index in [0.717, 1.165) is 25.1 Å². The Morgan fingerprint density at radius 3 is 2.63 bits per heavy atom. The molecule has 1 N–H and O–H groups in total. The first-order valence-electron chi connectivity index (χ1n) is 6.74. The summed E-state index contributed by atoms with van der Waals surface area (Å²) in [4.78, 5) is 0. The lowest BCUT2D eigenvalue weighted by Crippen LogP contribution is -2.23. The van der Waals surface area contributed by atoms with Gasteiger partial charge in [0.05, 0.1) is 6.20 Å². The van der Waals surface area contributed by atoms with E-state index in [4.69, 9.17) is 0 Å². The van der Waals surface area contributed by atoms with Gasteiger partial charge >= 0.3 is 0 Å². The maximum Gasteiger partial charge on any atom is 0.147 e. The monoisotopic (exact) mass is 287 g/mol. The van der Waals surface area contributed by atoms with Gasteiger partial charge in [-0.1, -0.05) is 6.92 Å². The predicted octanol–water partition coefficient (Wildman–Crippen LogP) is 1.59. The predicted molar refractivity (Wildman–Crippen MR) is 77.9 cm³/mol. The van der Waals surface area contributed by atoms with Crippen LogP contribution in [0.5, 0.6) is 0 Å². The molecule has 0 aliphatic heterocycles. The minimum atomic E-state index is -2.88. The van der Waals surface area contributed by atoms with E-state index in [1.165, 1.54) is 11.8 Å². The highest BCUT2D eigenvalue weighted by atomic mass is 32.2. The fraction of sp³-hybridized carbons (Fsp3) is 0.769. The molecule has 0 aliphatic carbocycles. The Morgan fingerprint density at radius 2 is 2.16 bits per heavy atom. The highest BCUT2D eigenvalue weighted by molar-refractivity contribution is 7.90. The number of hydrogen-bond donors (Lipinski definition) is 1. The summed E-state index contributed by atoms with van der Waals surface area (Å²) in [6.07, 6.45) is 5.72. The third-order valence-electron chi connectivity index (χ3n) is 3.30. The van der Waals surface area contributed by atoms with Gasteiger partial charge in [-0.3, -0.25) is 4.68 Å². The number of hydrogen-bond acceptors (Lipinski definition) is 4. The van der Waals surface area contributed by atoms with Crippen molar-refractivity contribution in [2.24, 2.45) is 7.05 Å². The molecule has 19 heavy (non-hydrogen) atoms. The van der Waals surface area contributed by atoms with Gasteiger partial charge in [0.1, 0.15) is 9.84 Å². The number of rotatable bonds is 8. The summed E-state index contributed by atoms with van der Waals surface area (Å²) in [7, 11) is -0.953. The van der Waals surface area contributed by atoms with Crippen LogP contribution in [-0.2, 0) is 16.9 Å². The molecule has 1 heterocycles. The van der Waals surface area contributed by atoms with Crippen molar-refractivity contribution in [3.63, 3.8) is 0 Å². The molecule has 1 aromatic heterocycles. The van der Waals surface area contributed by atoms with Crippen LogP contribution < -0.4 is 5.32 Å². The van der Waals surface area contributed by atoms with Gasteiger partial charge in [-0.05, 0) is 32.7 Å². The summed E-state index contributed by atoms with van der Waals surface area (Å²) in [5, 5.41) is 7.74. The van der Waals surface area contributed by atoms with Crippen LogP contribution in [0.25, 0.3) is 0 Å². The first-order valence-corrected chi connectivity index (χ1v) is 8.80. The maximum atomic E-state index is 11.2. The Labute approximate surface area is 116 Å². The first kappa shape index (κ1) is 16.2. The van der Waals surface area contributed by atoms with Crippen molar-refractivity contribution < 1.29 is 8.42 Å². The molecule has 5 nitrogen and oxygen atoms in total. The fourth-order valence-corrected chi connectivity index (χ4v) is 2.78. The van der Waals surface area contributed by atoms with E-state index in [2.05, 4.69) is 17.3 Å². The Bertz CT molecular complexity index is 494. The van der Waals surface area contributed by atoms with E-state index in [1.807, 2.05) is 24.9 Å². The molecule has 0 saturated carbocycles. The van der Waals surface area contributed by atoms with Crippen LogP contribution >= 0.6 is 0 Å². The van der Waals surface area contributed by atoms with Gasteiger partial charge in [-0.15, -0.1) is 0 Å². The summed E-state index contributed by atoms with van der Waals surface area (Å²) in [6, 6.07) is 0.190. The quantitative estimate of drug-likeness (QED) is 0.788. The minimum absolute atomic E-state index is 0.190. The van der Waals surface area contributed by atoms with Crippen LogP contribution in [0.3, 0.4) is 0 Å². The Kier molecular flexibility index (Phi) is 6.00. The zero-order chi connectivity index (χ0) is 14.5. The molecular weight excluding hydrogens is 262 g/mol. The van der Waals surface area contributed by atoms with Crippen LogP contribution in [0.2, 0.25) is 0 Å². The second kappa shape index (κ2) is 7.05. The van der Waals surface area contributed by atoms with Gasteiger partial charge in [-0.2, -0.15) is 5.10 Å². The Hall–Kier alpha value is -0.880. The molecule has 1 unspecified atom stereocenters. The third-order valence-corrected chi connectivity index (χ3v) is 4.33. The average molecular weight is 287 g/mol. The van der Waals surface area contributed by atoms with Crippen LogP contribution in [0.15, 0.2) is 6.20 Å². The summed E-state index contributed by atoms with van der Waals surface area (Å²) < 4.78 is 24.2. The molecule has 0 amide bonds. The smallest absolute Gasteiger partial charge is 0.147 e. The molecule has 0 fully saturated rings. The molecular formula is C13H25N3O2S. The van der Waals surface area contributed by atoms with Gasteiger partial charge in [0.25, 0.3) is 0 Å². The zero-order valence-corrected chi connectivity index (χ0v) is 13.1. The SMILES string of the molecule is CCCNC(CCCS(C)(=O)=O)c1cnn(C)c1C. The van der Waals surface area contributed by atoms with E-state index in [0.29, 0.717) is 6.42 Å². The van der Waals surface area contributed by atoms with Gasteiger partial charge < -0.3 is 5.32 Å². The first-order chi connectivity index (χ1) is 8.85. The fourth-order valence-electron chi connectivity index (χ4n) is 2.09. The van der Waals surface area contributed by atoms with Crippen LogP contribution in [0, 0.1) is 6.92 Å². The van der Waals surface area contributed by atoms with Crippen molar-refractivity contribution in [2.45, 2.75) is 39.2 Å². The summed E-state index contributed by atoms with van der Waals surface area (Å²) in [5.41, 5.74) is 2.30. The minimum Gasteiger partial charge on any atom is -0.310 e. The highest BCUT2D eigenvalue weighted by Gasteiger charge is 2.16. The average Bonchev–Trinajstić information content (AvgIpc) is 2.63. The molecule has 0 bridgehead atoms. The molecule has 0 aromatic carbocycles. The molecule has 1 rings (SSSR count). The lowest BCUT2D eigenvalue weighted by Gasteiger charge is -2.18. The largest absolute Gasteiger partial charge is 0.310 e. The van der Waals surface area contributed by atoms with Crippen LogP contribution in [0.1, 0.15) is 43.5 Å². The molecule has 110 valence electrons. The molecule has 1 aromatic rings. The van der Waals surface area contributed by atoms with E-state index in [9.17, 15) is 8.42 Å². The zero-order valence-electron chi connectivity index (χ0n) is 12.3. The van der Waals surface area contributed by atoms with E-state index in [-0.39, 0.29) is 11.8 Å². The van der Waals surface area contributed by atoms with Crippen molar-refractivity contribution in [3.8, 4) is 0 Å². The van der Waals surface area contributed by atoms with Crippen LogP contribution in [-0.4, -0.2) is 36.8 Å². The van der Waals surface area contributed by atoms with Gasteiger partial charge in [0, 0.05) is 36.4 Å². The molecule has 0 aliphatic rings. The van der Waals surface area contributed by atoms with Gasteiger partial charge in [0.2, 0.25) is 0 Å². The van der Waals surface area contributed by atoms with Crippen LogP contribution in [0.4, 0.5) is 0 Å².